The van der Waals surface area contributed by atoms with E-state index in [9.17, 15) is 4.79 Å². The minimum atomic E-state index is 0.0333. The van der Waals surface area contributed by atoms with Crippen molar-refractivity contribution in [3.8, 4) is 5.75 Å². The van der Waals surface area contributed by atoms with Crippen LogP contribution in [0.1, 0.15) is 36.9 Å². The van der Waals surface area contributed by atoms with E-state index in [2.05, 4.69) is 5.32 Å². The van der Waals surface area contributed by atoms with Crippen molar-refractivity contribution in [1.82, 2.24) is 5.32 Å². The second kappa shape index (κ2) is 7.01. The quantitative estimate of drug-likeness (QED) is 0.758. The Morgan fingerprint density at radius 2 is 2.22 bits per heavy atom. The fourth-order valence-corrected chi connectivity index (χ4v) is 1.66. The molecule has 4 nitrogen and oxygen atoms in total. The van der Waals surface area contributed by atoms with Crippen LogP contribution in [0.3, 0.4) is 0 Å². The number of hydrogen-bond donors (Lipinski definition) is 2. The number of nitrogens with two attached hydrogens (primary N) is 1. The molecule has 1 atom stereocenters. The molecule has 3 N–H and O–H groups in total. The second-order valence-corrected chi connectivity index (χ2v) is 4.44. The number of carbonyl (C=O) groups is 1. The molecule has 1 aromatic carbocycles. The minimum absolute atomic E-state index is 0.0333. The van der Waals surface area contributed by atoms with Gasteiger partial charge in [-0.25, -0.2) is 0 Å². The van der Waals surface area contributed by atoms with E-state index in [0.29, 0.717) is 19.4 Å². The molecule has 0 saturated carbocycles. The maximum absolute atomic E-state index is 11.0. The fraction of sp³-hybridized carbons (Fsp3) is 0.500. The van der Waals surface area contributed by atoms with Gasteiger partial charge in [-0.3, -0.25) is 4.79 Å². The Kier molecular flexibility index (Phi) is 5.65. The molecule has 0 saturated heterocycles. The summed E-state index contributed by atoms with van der Waals surface area (Å²) in [6.45, 7) is 4.50. The van der Waals surface area contributed by atoms with Gasteiger partial charge in [0.25, 0.3) is 0 Å². The van der Waals surface area contributed by atoms with Crippen molar-refractivity contribution in [2.75, 3.05) is 13.7 Å². The van der Waals surface area contributed by atoms with E-state index >= 15 is 0 Å². The van der Waals surface area contributed by atoms with Gasteiger partial charge in [-0.05, 0) is 37.5 Å². The number of rotatable bonds is 6. The molecule has 0 spiro atoms. The molecule has 1 rings (SSSR count). The van der Waals surface area contributed by atoms with Gasteiger partial charge in [0.05, 0.1) is 6.61 Å². The average molecular weight is 250 g/mol. The third-order valence-electron chi connectivity index (χ3n) is 2.81. The van der Waals surface area contributed by atoms with Crippen molar-refractivity contribution < 1.29 is 9.53 Å². The summed E-state index contributed by atoms with van der Waals surface area (Å²) in [6.07, 6.45) is 1.21. The van der Waals surface area contributed by atoms with Crippen LogP contribution in [0.5, 0.6) is 5.75 Å². The number of benzene rings is 1. The molecule has 0 aliphatic heterocycles. The first-order valence-electron chi connectivity index (χ1n) is 6.24. The highest BCUT2D eigenvalue weighted by atomic mass is 16.5. The van der Waals surface area contributed by atoms with Crippen molar-refractivity contribution >= 4 is 5.91 Å². The lowest BCUT2D eigenvalue weighted by molar-refractivity contribution is -0.120. The maximum Gasteiger partial charge on any atom is 0.219 e. The predicted octanol–water partition coefficient (Wildman–Crippen LogP) is 1.92. The molecule has 100 valence electrons. The number of aryl methyl sites for hydroxylation is 1. The third-order valence-corrected chi connectivity index (χ3v) is 2.81. The lowest BCUT2D eigenvalue weighted by Crippen LogP contribution is -2.18. The first-order valence-corrected chi connectivity index (χ1v) is 6.24. The number of ether oxygens (including phenoxy) is 1. The Labute approximate surface area is 109 Å². The number of hydrogen-bond acceptors (Lipinski definition) is 3. The van der Waals surface area contributed by atoms with Crippen LogP contribution in [-0.2, 0) is 4.79 Å². The Balaban J connectivity index is 2.45. The van der Waals surface area contributed by atoms with Crippen molar-refractivity contribution in [3.63, 3.8) is 0 Å². The van der Waals surface area contributed by atoms with Crippen LogP contribution in [0.25, 0.3) is 0 Å². The zero-order chi connectivity index (χ0) is 13.5. The predicted molar refractivity (Wildman–Crippen MR) is 72.6 cm³/mol. The van der Waals surface area contributed by atoms with Gasteiger partial charge in [-0.15, -0.1) is 0 Å². The van der Waals surface area contributed by atoms with Crippen LogP contribution in [0, 0.1) is 6.92 Å². The van der Waals surface area contributed by atoms with E-state index in [1.165, 1.54) is 0 Å². The van der Waals surface area contributed by atoms with E-state index < -0.39 is 0 Å². The summed E-state index contributed by atoms with van der Waals surface area (Å²) in [5, 5.41) is 2.59. The van der Waals surface area contributed by atoms with Gasteiger partial charge < -0.3 is 15.8 Å². The Morgan fingerprint density at radius 1 is 1.50 bits per heavy atom. The molecule has 18 heavy (non-hydrogen) atoms. The van der Waals surface area contributed by atoms with Crippen LogP contribution in [0.2, 0.25) is 0 Å². The van der Waals surface area contributed by atoms with Gasteiger partial charge >= 0.3 is 0 Å². The summed E-state index contributed by atoms with van der Waals surface area (Å²) in [6, 6.07) is 5.99. The molecule has 0 aliphatic carbocycles. The van der Waals surface area contributed by atoms with Gasteiger partial charge in [0.1, 0.15) is 5.75 Å². The second-order valence-electron chi connectivity index (χ2n) is 4.44. The average Bonchev–Trinajstić information content (AvgIpc) is 2.35. The minimum Gasteiger partial charge on any atom is -0.493 e. The van der Waals surface area contributed by atoms with Crippen LogP contribution in [0.4, 0.5) is 0 Å². The normalized spacial score (nSPS) is 12.0. The topological polar surface area (TPSA) is 64.3 Å². The number of carbonyl (C=O) groups excluding carboxylic acids is 1. The van der Waals surface area contributed by atoms with E-state index in [1.807, 2.05) is 32.0 Å². The molecule has 0 radical (unpaired) electrons. The van der Waals surface area contributed by atoms with Crippen LogP contribution >= 0.6 is 0 Å². The molecular weight excluding hydrogens is 228 g/mol. The van der Waals surface area contributed by atoms with Crippen LogP contribution < -0.4 is 15.8 Å². The van der Waals surface area contributed by atoms with Gasteiger partial charge in [-0.2, -0.15) is 0 Å². The summed E-state index contributed by atoms with van der Waals surface area (Å²) < 4.78 is 5.65. The summed E-state index contributed by atoms with van der Waals surface area (Å²) >= 11 is 0. The van der Waals surface area contributed by atoms with E-state index in [-0.39, 0.29) is 11.9 Å². The first-order chi connectivity index (χ1) is 8.54. The molecule has 0 aromatic heterocycles. The van der Waals surface area contributed by atoms with Gasteiger partial charge in [0.15, 0.2) is 0 Å². The van der Waals surface area contributed by atoms with Crippen molar-refractivity contribution in [2.45, 2.75) is 32.7 Å². The van der Waals surface area contributed by atoms with E-state index in [4.69, 9.17) is 10.5 Å². The molecular formula is C14H22N2O2. The lowest BCUT2D eigenvalue weighted by Gasteiger charge is -2.12. The molecule has 0 bridgehead atoms. The number of nitrogens with one attached hydrogen (secondary N) is 1. The molecule has 0 fully saturated rings. The first kappa shape index (κ1) is 14.5. The molecule has 1 aromatic rings. The molecule has 0 heterocycles. The highest BCUT2D eigenvalue weighted by Crippen LogP contribution is 2.22. The summed E-state index contributed by atoms with van der Waals surface area (Å²) in [4.78, 5) is 11.0. The van der Waals surface area contributed by atoms with Gasteiger partial charge in [0.2, 0.25) is 5.91 Å². The van der Waals surface area contributed by atoms with Crippen LogP contribution in [-0.4, -0.2) is 19.6 Å². The standard InChI is InChI=1S/C14H22N2O2/c1-10-9-12(11(2)15)6-7-13(10)18-8-4-5-14(17)16-3/h6-7,9,11H,4-5,8,15H2,1-3H3,(H,16,17)/t11-/m0/s1. The Bertz CT molecular complexity index is 403. The SMILES string of the molecule is CNC(=O)CCCOc1ccc([C@H](C)N)cc1C. The summed E-state index contributed by atoms with van der Waals surface area (Å²) in [7, 11) is 1.64. The molecule has 4 heteroatoms. The maximum atomic E-state index is 11.0. The van der Waals surface area contributed by atoms with Crippen molar-refractivity contribution in [3.05, 3.63) is 29.3 Å². The molecule has 0 unspecified atom stereocenters. The monoisotopic (exact) mass is 250 g/mol. The summed E-state index contributed by atoms with van der Waals surface area (Å²) in [5.41, 5.74) is 7.99. The zero-order valence-corrected chi connectivity index (χ0v) is 11.3. The largest absolute Gasteiger partial charge is 0.493 e. The van der Waals surface area contributed by atoms with E-state index in [1.54, 1.807) is 7.05 Å². The van der Waals surface area contributed by atoms with Crippen molar-refractivity contribution in [2.24, 2.45) is 5.73 Å². The molecule has 1 amide bonds. The van der Waals surface area contributed by atoms with Gasteiger partial charge in [-0.1, -0.05) is 12.1 Å². The Hall–Kier alpha value is -1.55. The lowest BCUT2D eigenvalue weighted by atomic mass is 10.1. The Morgan fingerprint density at radius 3 is 2.78 bits per heavy atom. The number of amides is 1. The van der Waals surface area contributed by atoms with Crippen LogP contribution in [0.15, 0.2) is 18.2 Å². The fourth-order valence-electron chi connectivity index (χ4n) is 1.66. The van der Waals surface area contributed by atoms with Crippen molar-refractivity contribution in [1.29, 1.82) is 0 Å². The highest BCUT2D eigenvalue weighted by Gasteiger charge is 2.04. The third kappa shape index (κ3) is 4.37. The smallest absolute Gasteiger partial charge is 0.219 e. The summed E-state index contributed by atoms with van der Waals surface area (Å²) in [5.74, 6) is 0.902. The molecule has 0 aliphatic rings. The zero-order valence-electron chi connectivity index (χ0n) is 11.3. The van der Waals surface area contributed by atoms with Gasteiger partial charge in [0, 0.05) is 19.5 Å². The highest BCUT2D eigenvalue weighted by molar-refractivity contribution is 5.75. The van der Waals surface area contributed by atoms with E-state index in [0.717, 1.165) is 16.9 Å².